The number of ether oxygens (including phenoxy) is 3. The molecular formula is C23H26N2O4. The summed E-state index contributed by atoms with van der Waals surface area (Å²) in [5, 5.41) is 0. The second-order valence-electron chi connectivity index (χ2n) is 9.48. The molecule has 29 heavy (non-hydrogen) atoms. The zero-order chi connectivity index (χ0) is 19.5. The lowest BCUT2D eigenvalue weighted by molar-refractivity contribution is -0.132. The number of anilines is 1. The maximum Gasteiger partial charge on any atom is 0.229 e. The van der Waals surface area contributed by atoms with Crippen LogP contribution in [-0.4, -0.2) is 62.9 Å². The third-order valence-corrected chi connectivity index (χ3v) is 8.81. The van der Waals surface area contributed by atoms with Gasteiger partial charge in [0.1, 0.15) is 0 Å². The maximum absolute atomic E-state index is 13.5. The Morgan fingerprint density at radius 1 is 1.21 bits per heavy atom. The minimum atomic E-state index is -0.0242. The molecule has 4 fully saturated rings. The number of nitrogens with zero attached hydrogens (tertiary/aromatic N) is 2. The predicted octanol–water partition coefficient (Wildman–Crippen LogP) is 2.11. The molecule has 6 heteroatoms. The van der Waals surface area contributed by atoms with E-state index >= 15 is 0 Å². The van der Waals surface area contributed by atoms with Crippen molar-refractivity contribution in [3.63, 3.8) is 0 Å². The van der Waals surface area contributed by atoms with E-state index in [1.165, 1.54) is 12.0 Å². The third kappa shape index (κ3) is 1.76. The number of carbonyl (C=O) groups is 1. The van der Waals surface area contributed by atoms with Gasteiger partial charge >= 0.3 is 0 Å². The summed E-state index contributed by atoms with van der Waals surface area (Å²) in [4.78, 5) is 18.3. The van der Waals surface area contributed by atoms with Gasteiger partial charge in [0.05, 0.1) is 45.1 Å². The van der Waals surface area contributed by atoms with E-state index in [9.17, 15) is 4.79 Å². The van der Waals surface area contributed by atoms with Gasteiger partial charge in [-0.15, -0.1) is 0 Å². The highest BCUT2D eigenvalue weighted by Gasteiger charge is 2.71. The molecule has 2 bridgehead atoms. The van der Waals surface area contributed by atoms with Crippen molar-refractivity contribution in [1.29, 1.82) is 0 Å². The molecule has 0 radical (unpaired) electrons. The molecule has 7 rings (SSSR count). The van der Waals surface area contributed by atoms with E-state index in [1.807, 2.05) is 6.07 Å². The van der Waals surface area contributed by atoms with E-state index in [1.54, 1.807) is 19.8 Å². The van der Waals surface area contributed by atoms with Crippen LogP contribution in [0.5, 0.6) is 11.5 Å². The van der Waals surface area contributed by atoms with Crippen molar-refractivity contribution in [3.05, 3.63) is 29.3 Å². The van der Waals surface area contributed by atoms with E-state index < -0.39 is 0 Å². The molecule has 1 aromatic carbocycles. The van der Waals surface area contributed by atoms with Gasteiger partial charge in [-0.3, -0.25) is 9.69 Å². The molecular weight excluding hydrogens is 368 g/mol. The molecule has 152 valence electrons. The van der Waals surface area contributed by atoms with Gasteiger partial charge in [-0.2, -0.15) is 0 Å². The van der Waals surface area contributed by atoms with Crippen molar-refractivity contribution in [1.82, 2.24) is 4.90 Å². The molecule has 3 saturated heterocycles. The van der Waals surface area contributed by atoms with Crippen LogP contribution in [0.4, 0.5) is 5.69 Å². The summed E-state index contributed by atoms with van der Waals surface area (Å²) in [5.74, 6) is 2.57. The first-order chi connectivity index (χ1) is 14.2. The Balaban J connectivity index is 1.52. The summed E-state index contributed by atoms with van der Waals surface area (Å²) in [6.45, 7) is 2.80. The van der Waals surface area contributed by atoms with E-state index in [2.05, 4.69) is 21.9 Å². The molecule has 5 heterocycles. The molecule has 1 saturated carbocycles. The van der Waals surface area contributed by atoms with Crippen molar-refractivity contribution in [2.75, 3.05) is 38.8 Å². The number of benzene rings is 1. The molecule has 1 aromatic rings. The minimum absolute atomic E-state index is 0.0242. The van der Waals surface area contributed by atoms with Gasteiger partial charge in [0, 0.05) is 30.0 Å². The first kappa shape index (κ1) is 16.7. The average Bonchev–Trinajstić information content (AvgIpc) is 3.20. The van der Waals surface area contributed by atoms with Crippen LogP contribution in [0.15, 0.2) is 23.8 Å². The number of amides is 1. The van der Waals surface area contributed by atoms with Gasteiger partial charge in [0.25, 0.3) is 0 Å². The van der Waals surface area contributed by atoms with Gasteiger partial charge in [0.15, 0.2) is 11.5 Å². The zero-order valence-corrected chi connectivity index (χ0v) is 16.9. The largest absolute Gasteiger partial charge is 0.493 e. The lowest BCUT2D eigenvalue weighted by Gasteiger charge is -2.58. The highest BCUT2D eigenvalue weighted by molar-refractivity contribution is 5.99. The quantitative estimate of drug-likeness (QED) is 0.719. The molecule has 5 aliphatic heterocycles. The number of hydrogen-bond acceptors (Lipinski definition) is 5. The number of piperidine rings is 2. The average molecular weight is 394 g/mol. The molecule has 1 spiro atoms. The number of rotatable bonds is 2. The fraction of sp³-hybridized carbons (Fsp3) is 0.609. The van der Waals surface area contributed by atoms with Gasteiger partial charge < -0.3 is 19.1 Å². The van der Waals surface area contributed by atoms with Crippen LogP contribution in [0.3, 0.4) is 0 Å². The Bertz CT molecular complexity index is 974. The number of fused-ring (bicyclic) bond motifs is 2. The van der Waals surface area contributed by atoms with Crippen LogP contribution in [-0.2, 0) is 14.9 Å². The van der Waals surface area contributed by atoms with Crippen molar-refractivity contribution >= 4 is 11.6 Å². The van der Waals surface area contributed by atoms with E-state index in [0.717, 1.165) is 30.9 Å². The molecule has 6 atom stereocenters. The third-order valence-electron chi connectivity index (χ3n) is 8.81. The standard InChI is InChI=1S/C23H26N2O4/c1-27-16-8-14-15(9-17(16)28-2)25-20(26)10-18-21-13-7-19-23(14,22(21)25)4-5-24(19)11-12(13)3-6-29-18/h3,8-9,13,18-19,21-22H,4-7,10-11H2,1-2H3/t13?,18-,19-,21?,22-,23+/m0/s1. The molecule has 0 aromatic heterocycles. The monoisotopic (exact) mass is 394 g/mol. The normalized spacial score (nSPS) is 41.0. The summed E-state index contributed by atoms with van der Waals surface area (Å²) in [6.07, 6.45) is 5.11. The summed E-state index contributed by atoms with van der Waals surface area (Å²) < 4.78 is 17.6. The van der Waals surface area contributed by atoms with E-state index in [4.69, 9.17) is 14.2 Å². The summed E-state index contributed by atoms with van der Waals surface area (Å²) in [5.41, 5.74) is 3.85. The summed E-state index contributed by atoms with van der Waals surface area (Å²) in [7, 11) is 3.36. The molecule has 6 aliphatic rings. The van der Waals surface area contributed by atoms with Crippen molar-refractivity contribution in [2.45, 2.75) is 42.9 Å². The Hall–Kier alpha value is -2.05. The second-order valence-corrected chi connectivity index (χ2v) is 9.48. The van der Waals surface area contributed by atoms with Crippen LogP contribution < -0.4 is 14.4 Å². The van der Waals surface area contributed by atoms with Crippen molar-refractivity contribution < 1.29 is 19.0 Å². The van der Waals surface area contributed by atoms with Crippen LogP contribution in [0.25, 0.3) is 0 Å². The minimum Gasteiger partial charge on any atom is -0.493 e. The lowest BCUT2D eigenvalue weighted by atomic mass is 9.53. The van der Waals surface area contributed by atoms with E-state index in [-0.39, 0.29) is 23.5 Å². The summed E-state index contributed by atoms with van der Waals surface area (Å²) in [6, 6.07) is 4.87. The van der Waals surface area contributed by atoms with Crippen molar-refractivity contribution in [3.8, 4) is 11.5 Å². The first-order valence-corrected chi connectivity index (χ1v) is 10.8. The fourth-order valence-electron chi connectivity index (χ4n) is 7.87. The molecule has 2 unspecified atom stereocenters. The maximum atomic E-state index is 13.5. The molecule has 6 nitrogen and oxygen atoms in total. The lowest BCUT2D eigenvalue weighted by Crippen LogP contribution is -2.69. The highest BCUT2D eigenvalue weighted by Crippen LogP contribution is 2.66. The Labute approximate surface area is 170 Å². The predicted molar refractivity (Wildman–Crippen MR) is 107 cm³/mol. The molecule has 1 aliphatic carbocycles. The second kappa shape index (κ2) is 5.35. The number of hydrogen-bond donors (Lipinski definition) is 0. The van der Waals surface area contributed by atoms with Gasteiger partial charge in [-0.05, 0) is 36.9 Å². The molecule has 0 N–H and O–H groups in total. The Kier molecular flexibility index (Phi) is 3.08. The van der Waals surface area contributed by atoms with Gasteiger partial charge in [0.2, 0.25) is 5.91 Å². The van der Waals surface area contributed by atoms with Crippen LogP contribution in [0, 0.1) is 11.8 Å². The van der Waals surface area contributed by atoms with E-state index in [0.29, 0.717) is 36.7 Å². The highest BCUT2D eigenvalue weighted by atomic mass is 16.5. The van der Waals surface area contributed by atoms with Crippen molar-refractivity contribution in [2.24, 2.45) is 11.8 Å². The zero-order valence-electron chi connectivity index (χ0n) is 16.9. The SMILES string of the molecule is COc1cc2c(cc1OC)[C@@]13CCN4CC5=CCO[C@H]6CC(=O)N2[C@H]1C6C5C[C@H]43. The molecule has 1 amide bonds. The number of methoxy groups -OCH3 is 2. The topological polar surface area (TPSA) is 51.2 Å². The first-order valence-electron chi connectivity index (χ1n) is 10.8. The smallest absolute Gasteiger partial charge is 0.229 e. The Morgan fingerprint density at radius 3 is 2.86 bits per heavy atom. The van der Waals surface area contributed by atoms with Crippen LogP contribution in [0.2, 0.25) is 0 Å². The summed E-state index contributed by atoms with van der Waals surface area (Å²) >= 11 is 0. The van der Waals surface area contributed by atoms with Crippen LogP contribution in [0.1, 0.15) is 24.8 Å². The van der Waals surface area contributed by atoms with Gasteiger partial charge in [-0.1, -0.05) is 11.6 Å². The van der Waals surface area contributed by atoms with Gasteiger partial charge in [-0.25, -0.2) is 0 Å². The van der Waals surface area contributed by atoms with Crippen LogP contribution >= 0.6 is 0 Å². The number of carbonyl (C=O) groups excluding carboxylic acids is 1. The fourth-order valence-corrected chi connectivity index (χ4v) is 7.87. The Morgan fingerprint density at radius 2 is 2.03 bits per heavy atom.